The van der Waals surface area contributed by atoms with Crippen molar-refractivity contribution in [1.29, 1.82) is 0 Å². The van der Waals surface area contributed by atoms with E-state index < -0.39 is 5.97 Å². The van der Waals surface area contributed by atoms with E-state index in [-0.39, 0.29) is 5.56 Å². The van der Waals surface area contributed by atoms with E-state index in [0.717, 1.165) is 51.5 Å². The Morgan fingerprint density at radius 1 is 1.09 bits per heavy atom. The van der Waals surface area contributed by atoms with Gasteiger partial charge in [0.25, 0.3) is 0 Å². The summed E-state index contributed by atoms with van der Waals surface area (Å²) in [5.74, 6) is -0.463. The van der Waals surface area contributed by atoms with Gasteiger partial charge in [0.05, 0.1) is 10.9 Å². The number of carboxylic acid groups (broad SMARTS) is 1. The Labute approximate surface area is 185 Å². The highest BCUT2D eigenvalue weighted by molar-refractivity contribution is 6.08. The minimum Gasteiger partial charge on any atom is -0.478 e. The summed E-state index contributed by atoms with van der Waals surface area (Å²) in [6, 6.07) is 12.4. The lowest BCUT2D eigenvalue weighted by molar-refractivity contribution is 0.0697. The molecule has 2 aliphatic rings. The number of rotatable bonds is 5. The lowest BCUT2D eigenvalue weighted by Crippen LogP contribution is -2.09. The van der Waals surface area contributed by atoms with Crippen molar-refractivity contribution in [2.24, 2.45) is 4.99 Å². The van der Waals surface area contributed by atoms with Crippen molar-refractivity contribution in [3.8, 4) is 22.5 Å². The smallest absolute Gasteiger partial charge is 0.336 e. The molecule has 6 nitrogen and oxygen atoms in total. The van der Waals surface area contributed by atoms with E-state index in [9.17, 15) is 14.7 Å². The number of carbonyl (C=O) groups excluding carboxylic acids is 1. The third kappa shape index (κ3) is 3.54. The topological polar surface area (TPSA) is 91.9 Å². The normalized spacial score (nSPS) is 11.8. The molecular formula is C26H24N2O4. The number of benzene rings is 3. The molecule has 0 radical (unpaired) electrons. The fourth-order valence-corrected chi connectivity index (χ4v) is 4.13. The number of nitrogens with zero attached hydrogens (tertiary/aromatic N) is 1. The molecule has 0 aromatic heterocycles. The molecule has 32 heavy (non-hydrogen) atoms. The maximum Gasteiger partial charge on any atom is 0.336 e. The number of hydrogen-bond donors (Lipinski definition) is 2. The van der Waals surface area contributed by atoms with Crippen molar-refractivity contribution in [2.45, 2.75) is 20.8 Å². The predicted molar refractivity (Wildman–Crippen MR) is 126 cm³/mol. The second-order valence-electron chi connectivity index (χ2n) is 7.76. The first-order valence-corrected chi connectivity index (χ1v) is 10.4. The first-order chi connectivity index (χ1) is 15.4. The second kappa shape index (κ2) is 8.30. The van der Waals surface area contributed by atoms with Crippen LogP contribution in [0.25, 0.3) is 33.4 Å². The molecule has 2 N–H and O–H groups in total. The van der Waals surface area contributed by atoms with Gasteiger partial charge in [-0.1, -0.05) is 6.07 Å². The van der Waals surface area contributed by atoms with Gasteiger partial charge in [0.15, 0.2) is 0 Å². The molecule has 1 aliphatic carbocycles. The highest BCUT2D eigenvalue weighted by atomic mass is 16.4. The summed E-state index contributed by atoms with van der Waals surface area (Å²) in [5, 5.41) is 14.8. The van der Waals surface area contributed by atoms with Crippen LogP contribution in [0.4, 0.5) is 5.69 Å². The number of fused-ring (bicyclic) bond motifs is 2. The lowest BCUT2D eigenvalue weighted by Gasteiger charge is -2.19. The first kappa shape index (κ1) is 21.3. The van der Waals surface area contributed by atoms with Gasteiger partial charge in [-0.3, -0.25) is 9.79 Å². The van der Waals surface area contributed by atoms with E-state index in [4.69, 9.17) is 4.42 Å². The Bertz CT molecular complexity index is 1420. The predicted octanol–water partition coefficient (Wildman–Crippen LogP) is 5.29. The number of anilines is 1. The van der Waals surface area contributed by atoms with Crippen molar-refractivity contribution >= 4 is 28.9 Å². The number of aldehydes is 1. The number of aryl methyl sites for hydroxylation is 2. The van der Waals surface area contributed by atoms with Crippen molar-refractivity contribution in [2.75, 3.05) is 18.9 Å². The zero-order valence-electron chi connectivity index (χ0n) is 18.4. The molecule has 0 amide bonds. The maximum atomic E-state index is 12.1. The molecule has 2 aromatic carbocycles. The van der Waals surface area contributed by atoms with Crippen LogP contribution < -0.4 is 10.7 Å². The van der Waals surface area contributed by atoms with Crippen LogP contribution in [0.5, 0.6) is 0 Å². The summed E-state index contributed by atoms with van der Waals surface area (Å²) in [7, 11) is 1.72. The molecule has 0 fully saturated rings. The molecule has 6 heteroatoms. The summed E-state index contributed by atoms with van der Waals surface area (Å²) >= 11 is 0. The minimum absolute atomic E-state index is 0.125. The molecule has 2 aromatic rings. The number of carboxylic acids is 1. The van der Waals surface area contributed by atoms with Gasteiger partial charge in [0.2, 0.25) is 0 Å². The fourth-order valence-electron chi connectivity index (χ4n) is 4.13. The standard InChI is InChI=1S/C26H24N2O4/c1-5-28-22-12-24-20(9-15(22)3)25(18-10-16(13-29)6-7-17(18)26(30)31)19-8-14(2)21(27-4)11-23(19)32-24/h6-13,28H,5H2,1-4H3,(H,30,31). The van der Waals surface area contributed by atoms with Crippen molar-refractivity contribution in [3.63, 3.8) is 0 Å². The minimum atomic E-state index is -1.06. The average Bonchev–Trinajstić information content (AvgIpc) is 2.77. The summed E-state index contributed by atoms with van der Waals surface area (Å²) in [6.45, 7) is 6.73. The molecule has 4 rings (SSSR count). The van der Waals surface area contributed by atoms with Crippen LogP contribution in [0.1, 0.15) is 38.8 Å². The molecule has 162 valence electrons. The van der Waals surface area contributed by atoms with Gasteiger partial charge < -0.3 is 14.8 Å². The van der Waals surface area contributed by atoms with E-state index in [2.05, 4.69) is 10.3 Å². The molecule has 1 heterocycles. The van der Waals surface area contributed by atoms with Crippen molar-refractivity contribution in [1.82, 2.24) is 0 Å². The molecule has 1 aliphatic heterocycles. The Morgan fingerprint density at radius 3 is 2.53 bits per heavy atom. The third-order valence-electron chi connectivity index (χ3n) is 5.67. The summed E-state index contributed by atoms with van der Waals surface area (Å²) in [6.07, 6.45) is 0.723. The van der Waals surface area contributed by atoms with Crippen LogP contribution in [-0.4, -0.2) is 31.0 Å². The van der Waals surface area contributed by atoms with Gasteiger partial charge in [0.1, 0.15) is 17.6 Å². The highest BCUT2D eigenvalue weighted by Crippen LogP contribution is 2.43. The molecule has 0 spiro atoms. The van der Waals surface area contributed by atoms with E-state index in [1.165, 1.54) is 12.1 Å². The largest absolute Gasteiger partial charge is 0.478 e. The summed E-state index contributed by atoms with van der Waals surface area (Å²) in [5.41, 5.74) is 6.02. The van der Waals surface area contributed by atoms with Crippen LogP contribution in [0.15, 0.2) is 51.9 Å². The number of aromatic carboxylic acids is 1. The van der Waals surface area contributed by atoms with Gasteiger partial charge in [-0.2, -0.15) is 0 Å². The van der Waals surface area contributed by atoms with Crippen LogP contribution in [0, 0.1) is 13.8 Å². The second-order valence-corrected chi connectivity index (χ2v) is 7.76. The molecule has 0 bridgehead atoms. The Hall–Kier alpha value is -3.93. The monoisotopic (exact) mass is 428 g/mol. The Kier molecular flexibility index (Phi) is 5.53. The number of carbonyl (C=O) groups is 2. The lowest BCUT2D eigenvalue weighted by atomic mass is 9.88. The molecule has 0 unspecified atom stereocenters. The number of nitrogens with one attached hydrogen (secondary N) is 1. The maximum absolute atomic E-state index is 12.1. The Morgan fingerprint density at radius 2 is 1.88 bits per heavy atom. The van der Waals surface area contributed by atoms with Crippen LogP contribution >= 0.6 is 0 Å². The van der Waals surface area contributed by atoms with Crippen molar-refractivity contribution < 1.29 is 19.1 Å². The van der Waals surface area contributed by atoms with Gasteiger partial charge in [-0.25, -0.2) is 4.79 Å². The van der Waals surface area contributed by atoms with E-state index in [1.54, 1.807) is 13.1 Å². The van der Waals surface area contributed by atoms with Gasteiger partial charge >= 0.3 is 5.97 Å². The van der Waals surface area contributed by atoms with Gasteiger partial charge in [0, 0.05) is 53.5 Å². The zero-order chi connectivity index (χ0) is 23.0. The SMILES string of the molecule is CCNc1cc2oc3cc(=NC)c(C)cc-3c(-c3cc(C=O)ccc3C(=O)O)c2cc1C. The molecule has 0 saturated heterocycles. The van der Waals surface area contributed by atoms with E-state index >= 15 is 0 Å². The quantitative estimate of drug-likeness (QED) is 0.333. The van der Waals surface area contributed by atoms with Crippen LogP contribution in [0.2, 0.25) is 0 Å². The van der Waals surface area contributed by atoms with Crippen molar-refractivity contribution in [3.05, 3.63) is 70.1 Å². The summed E-state index contributed by atoms with van der Waals surface area (Å²) in [4.78, 5) is 27.9. The third-order valence-corrected chi connectivity index (χ3v) is 5.67. The van der Waals surface area contributed by atoms with Crippen LogP contribution in [0.3, 0.4) is 0 Å². The van der Waals surface area contributed by atoms with E-state index in [0.29, 0.717) is 22.5 Å². The molecular weight excluding hydrogens is 404 g/mol. The summed E-state index contributed by atoms with van der Waals surface area (Å²) < 4.78 is 6.29. The van der Waals surface area contributed by atoms with Gasteiger partial charge in [-0.15, -0.1) is 0 Å². The van der Waals surface area contributed by atoms with Crippen LogP contribution in [-0.2, 0) is 0 Å². The molecule has 0 saturated carbocycles. The number of hydrogen-bond acceptors (Lipinski definition) is 5. The fraction of sp³-hybridized carbons (Fsp3) is 0.192. The zero-order valence-corrected chi connectivity index (χ0v) is 18.4. The Balaban J connectivity index is 2.24. The first-order valence-electron chi connectivity index (χ1n) is 10.4. The highest BCUT2D eigenvalue weighted by Gasteiger charge is 2.23. The average molecular weight is 428 g/mol. The van der Waals surface area contributed by atoms with E-state index in [1.807, 2.05) is 45.0 Å². The molecule has 0 atom stereocenters. The van der Waals surface area contributed by atoms with Gasteiger partial charge in [-0.05, 0) is 61.7 Å².